The number of ether oxygens (including phenoxy) is 2. The Kier molecular flexibility index (Phi) is 5.70. The van der Waals surface area contributed by atoms with E-state index in [-0.39, 0.29) is 42.0 Å². The van der Waals surface area contributed by atoms with Crippen molar-refractivity contribution in [3.8, 4) is 22.5 Å². The molecule has 176 valence electrons. The summed E-state index contributed by atoms with van der Waals surface area (Å²) in [6.45, 7) is 0.874. The van der Waals surface area contributed by atoms with Crippen LogP contribution >= 0.6 is 0 Å². The molecule has 0 saturated carbocycles. The predicted molar refractivity (Wildman–Crippen MR) is 116 cm³/mol. The zero-order valence-corrected chi connectivity index (χ0v) is 18.1. The third-order valence-electron chi connectivity index (χ3n) is 5.77. The molecule has 1 fully saturated rings. The van der Waals surface area contributed by atoms with E-state index < -0.39 is 29.6 Å². The average Bonchev–Trinajstić information content (AvgIpc) is 3.47. The van der Waals surface area contributed by atoms with Gasteiger partial charge in [0.2, 0.25) is 0 Å². The summed E-state index contributed by atoms with van der Waals surface area (Å²) in [5.41, 5.74) is 1.08. The zero-order chi connectivity index (χ0) is 23.8. The van der Waals surface area contributed by atoms with E-state index >= 15 is 8.78 Å². The number of fused-ring (bicyclic) bond motifs is 1. The second-order valence-corrected chi connectivity index (χ2v) is 7.88. The number of amides is 1. The van der Waals surface area contributed by atoms with Crippen molar-refractivity contribution in [3.63, 3.8) is 0 Å². The van der Waals surface area contributed by atoms with Crippen molar-refractivity contribution >= 4 is 11.7 Å². The molecule has 0 aliphatic carbocycles. The number of hydrogen-bond acceptors (Lipinski definition) is 5. The van der Waals surface area contributed by atoms with Crippen LogP contribution in [0.25, 0.3) is 28.2 Å². The van der Waals surface area contributed by atoms with Crippen LogP contribution in [0.2, 0.25) is 0 Å². The summed E-state index contributed by atoms with van der Waals surface area (Å²) in [5.74, 6) is -2.18. The minimum atomic E-state index is -0.824. The third-order valence-corrected chi connectivity index (χ3v) is 5.77. The average molecular weight is 471 g/mol. The maximum Gasteiger partial charge on any atom is 0.409 e. The number of hydrogen-bond donors (Lipinski definition) is 1. The van der Waals surface area contributed by atoms with Gasteiger partial charge < -0.3 is 18.8 Å². The Morgan fingerprint density at radius 3 is 2.74 bits per heavy atom. The van der Waals surface area contributed by atoms with Gasteiger partial charge in [-0.1, -0.05) is 0 Å². The maximum absolute atomic E-state index is 15.3. The van der Waals surface area contributed by atoms with Gasteiger partial charge in [0.25, 0.3) is 0 Å². The fourth-order valence-electron chi connectivity index (χ4n) is 4.19. The molecule has 8 nitrogen and oxygen atoms in total. The molecule has 1 amide bonds. The monoisotopic (exact) mass is 471 g/mol. The van der Waals surface area contributed by atoms with E-state index in [1.165, 1.54) is 48.7 Å². The van der Waals surface area contributed by atoms with Crippen molar-refractivity contribution in [2.24, 2.45) is 0 Å². The van der Waals surface area contributed by atoms with E-state index in [4.69, 9.17) is 9.47 Å². The molecule has 1 aliphatic rings. The lowest BCUT2D eigenvalue weighted by Gasteiger charge is -2.32. The summed E-state index contributed by atoms with van der Waals surface area (Å²) in [5, 5.41) is 6.48. The van der Waals surface area contributed by atoms with Crippen molar-refractivity contribution in [1.29, 1.82) is 0 Å². The van der Waals surface area contributed by atoms with E-state index in [1.807, 2.05) is 0 Å². The van der Waals surface area contributed by atoms with Gasteiger partial charge in [-0.05, 0) is 24.3 Å². The molecule has 3 aromatic heterocycles. The molecule has 4 heterocycles. The van der Waals surface area contributed by atoms with Crippen molar-refractivity contribution in [2.75, 3.05) is 26.8 Å². The standard InChI is InChI=1S/C23H20F3N5O3/c1-33-23(32)30-6-7-34-15(12-30)11-19-22(28-20-10-14(24)3-5-31(19)20)21-16(25)8-13(9-17(21)26)18-2-4-27-29-18/h2-5,8-10,15H,6-7,11-12H2,1H3,(H,27,29)/t15-/m0/s1. The van der Waals surface area contributed by atoms with Gasteiger partial charge in [-0.2, -0.15) is 5.10 Å². The van der Waals surface area contributed by atoms with Crippen molar-refractivity contribution < 1.29 is 27.4 Å². The minimum absolute atomic E-state index is 0.0375. The number of carbonyl (C=O) groups is 1. The summed E-state index contributed by atoms with van der Waals surface area (Å²) in [7, 11) is 1.29. The van der Waals surface area contributed by atoms with Gasteiger partial charge in [0, 0.05) is 37.0 Å². The first-order valence-corrected chi connectivity index (χ1v) is 10.5. The zero-order valence-electron chi connectivity index (χ0n) is 18.1. The first-order valence-electron chi connectivity index (χ1n) is 10.5. The molecule has 0 spiro atoms. The Morgan fingerprint density at radius 1 is 1.24 bits per heavy atom. The molecule has 5 rings (SSSR count). The molecule has 4 aromatic rings. The molecule has 1 saturated heterocycles. The van der Waals surface area contributed by atoms with E-state index in [0.717, 1.165) is 0 Å². The number of aromatic amines is 1. The molecular weight excluding hydrogens is 451 g/mol. The predicted octanol–water partition coefficient (Wildman–Crippen LogP) is 3.82. The van der Waals surface area contributed by atoms with Crippen LogP contribution in [0, 0.1) is 17.5 Å². The fraction of sp³-hybridized carbons (Fsp3) is 0.261. The number of pyridine rings is 1. The van der Waals surface area contributed by atoms with Crippen LogP contribution in [-0.4, -0.2) is 63.5 Å². The summed E-state index contributed by atoms with van der Waals surface area (Å²) in [4.78, 5) is 17.8. The number of benzene rings is 1. The number of nitrogens with zero attached hydrogens (tertiary/aromatic N) is 4. The van der Waals surface area contributed by atoms with E-state index in [1.54, 1.807) is 10.5 Å². The molecular formula is C23H20F3N5O3. The van der Waals surface area contributed by atoms with Crippen LogP contribution in [0.5, 0.6) is 0 Å². The van der Waals surface area contributed by atoms with Crippen LogP contribution in [0.1, 0.15) is 5.69 Å². The second-order valence-electron chi connectivity index (χ2n) is 7.88. The number of halogens is 3. The number of aromatic nitrogens is 4. The topological polar surface area (TPSA) is 84.7 Å². The number of morpholine rings is 1. The van der Waals surface area contributed by atoms with Crippen LogP contribution < -0.4 is 0 Å². The summed E-state index contributed by atoms with van der Waals surface area (Å²) in [6, 6.07) is 6.40. The quantitative estimate of drug-likeness (QED) is 0.489. The van der Waals surface area contributed by atoms with Crippen LogP contribution in [-0.2, 0) is 15.9 Å². The van der Waals surface area contributed by atoms with E-state index in [0.29, 0.717) is 17.9 Å². The van der Waals surface area contributed by atoms with Crippen molar-refractivity contribution in [1.82, 2.24) is 24.5 Å². The highest BCUT2D eigenvalue weighted by Gasteiger charge is 2.29. The Labute approximate surface area is 191 Å². The third kappa shape index (κ3) is 3.98. The molecule has 11 heteroatoms. The number of methoxy groups -OCH3 is 1. The first-order chi connectivity index (χ1) is 16.4. The van der Waals surface area contributed by atoms with Crippen LogP contribution in [0.3, 0.4) is 0 Å². The largest absolute Gasteiger partial charge is 0.453 e. The molecule has 1 aliphatic heterocycles. The molecule has 1 atom stereocenters. The van der Waals surface area contributed by atoms with Crippen molar-refractivity contribution in [3.05, 3.63) is 65.9 Å². The van der Waals surface area contributed by atoms with Crippen LogP contribution in [0.15, 0.2) is 42.7 Å². The molecule has 1 aromatic carbocycles. The molecule has 0 unspecified atom stereocenters. The lowest BCUT2D eigenvalue weighted by atomic mass is 10.0. The Balaban J connectivity index is 1.58. The number of carbonyl (C=O) groups excluding carboxylic acids is 1. The first kappa shape index (κ1) is 22.0. The highest BCUT2D eigenvalue weighted by Crippen LogP contribution is 2.33. The van der Waals surface area contributed by atoms with Crippen LogP contribution in [0.4, 0.5) is 18.0 Å². The SMILES string of the molecule is COC(=O)N1CCO[C@@H](Cc2c(-c3c(F)cc(-c4ccn[nH]4)cc3F)nc3cc(F)ccn23)C1. The molecule has 1 N–H and O–H groups in total. The Bertz CT molecular complexity index is 1330. The minimum Gasteiger partial charge on any atom is -0.453 e. The molecule has 0 radical (unpaired) electrons. The maximum atomic E-state index is 15.3. The Hall–Kier alpha value is -3.86. The van der Waals surface area contributed by atoms with Gasteiger partial charge in [-0.15, -0.1) is 0 Å². The van der Waals surface area contributed by atoms with Gasteiger partial charge in [0.1, 0.15) is 23.1 Å². The Morgan fingerprint density at radius 2 is 2.03 bits per heavy atom. The lowest BCUT2D eigenvalue weighted by molar-refractivity contribution is -0.0241. The number of H-pyrrole nitrogens is 1. The van der Waals surface area contributed by atoms with Gasteiger partial charge in [0.15, 0.2) is 0 Å². The van der Waals surface area contributed by atoms with E-state index in [9.17, 15) is 9.18 Å². The van der Waals surface area contributed by atoms with E-state index in [2.05, 4.69) is 15.2 Å². The second kappa shape index (κ2) is 8.82. The number of imidazole rings is 1. The smallest absolute Gasteiger partial charge is 0.409 e. The van der Waals surface area contributed by atoms with Gasteiger partial charge in [0.05, 0.1) is 49.0 Å². The number of nitrogens with one attached hydrogen (secondary N) is 1. The highest BCUT2D eigenvalue weighted by atomic mass is 19.1. The molecule has 0 bridgehead atoms. The molecule has 34 heavy (non-hydrogen) atoms. The summed E-state index contributed by atoms with van der Waals surface area (Å²) < 4.78 is 56.6. The fourth-order valence-corrected chi connectivity index (χ4v) is 4.19. The van der Waals surface area contributed by atoms with Crippen molar-refractivity contribution in [2.45, 2.75) is 12.5 Å². The highest BCUT2D eigenvalue weighted by molar-refractivity contribution is 5.72. The van der Waals surface area contributed by atoms with Gasteiger partial charge in [-0.3, -0.25) is 5.10 Å². The summed E-state index contributed by atoms with van der Waals surface area (Å²) in [6.07, 6.45) is 2.14. The normalized spacial score (nSPS) is 16.2. The lowest BCUT2D eigenvalue weighted by Crippen LogP contribution is -2.46. The summed E-state index contributed by atoms with van der Waals surface area (Å²) >= 11 is 0. The van der Waals surface area contributed by atoms with Gasteiger partial charge >= 0.3 is 6.09 Å². The van der Waals surface area contributed by atoms with Gasteiger partial charge in [-0.25, -0.2) is 22.9 Å². The number of rotatable bonds is 4.